The maximum atomic E-state index is 13.1. The molecule has 0 fully saturated rings. The van der Waals surface area contributed by atoms with Crippen molar-refractivity contribution in [2.45, 2.75) is 26.1 Å². The molecule has 0 aliphatic rings. The van der Waals surface area contributed by atoms with Crippen molar-refractivity contribution in [3.8, 4) is 0 Å². The predicted octanol–water partition coefficient (Wildman–Crippen LogP) is 3.27. The summed E-state index contributed by atoms with van der Waals surface area (Å²) >= 11 is 0. The summed E-state index contributed by atoms with van der Waals surface area (Å²) in [5, 5.41) is 0. The number of benzene rings is 1. The fourth-order valence-electron chi connectivity index (χ4n) is 2.39. The van der Waals surface area contributed by atoms with E-state index >= 15 is 0 Å². The third-order valence-corrected chi connectivity index (χ3v) is 3.37. The highest BCUT2D eigenvalue weighted by Crippen LogP contribution is 2.36. The van der Waals surface area contributed by atoms with E-state index in [-0.39, 0.29) is 5.56 Å². The fraction of sp³-hybridized carbons (Fsp3) is 0.267. The molecule has 3 N–H and O–H groups in total. The molecule has 0 bridgehead atoms. The molecule has 21 heavy (non-hydrogen) atoms. The second-order valence-corrected chi connectivity index (χ2v) is 4.92. The molecule has 0 aliphatic carbocycles. The Hall–Kier alpha value is -1.92. The maximum Gasteiger partial charge on any atom is 0.416 e. The van der Waals surface area contributed by atoms with Crippen LogP contribution in [0.1, 0.15) is 33.9 Å². The zero-order chi connectivity index (χ0) is 15.6. The summed E-state index contributed by atoms with van der Waals surface area (Å²) in [4.78, 5) is 3.80. The van der Waals surface area contributed by atoms with Gasteiger partial charge in [0.05, 0.1) is 11.6 Å². The van der Waals surface area contributed by atoms with Gasteiger partial charge in [0, 0.05) is 18.0 Å². The second kappa shape index (κ2) is 5.83. The number of alkyl halides is 3. The van der Waals surface area contributed by atoms with Gasteiger partial charge in [-0.1, -0.05) is 23.8 Å². The molecule has 0 saturated heterocycles. The van der Waals surface area contributed by atoms with Crippen molar-refractivity contribution in [3.63, 3.8) is 0 Å². The van der Waals surface area contributed by atoms with Crippen molar-refractivity contribution in [2.75, 3.05) is 0 Å². The summed E-state index contributed by atoms with van der Waals surface area (Å²) in [6.45, 7) is 3.77. The van der Waals surface area contributed by atoms with Crippen LogP contribution in [-0.4, -0.2) is 4.98 Å². The molecule has 1 atom stereocenters. The molecule has 0 aliphatic heterocycles. The Morgan fingerprint density at radius 1 is 1.14 bits per heavy atom. The van der Waals surface area contributed by atoms with Gasteiger partial charge >= 0.3 is 6.18 Å². The van der Waals surface area contributed by atoms with Crippen molar-refractivity contribution in [3.05, 3.63) is 64.5 Å². The highest BCUT2D eigenvalue weighted by atomic mass is 19.4. The van der Waals surface area contributed by atoms with Crippen LogP contribution in [0.2, 0.25) is 0 Å². The predicted molar refractivity (Wildman–Crippen MR) is 74.3 cm³/mol. The van der Waals surface area contributed by atoms with Crippen molar-refractivity contribution >= 4 is 0 Å². The largest absolute Gasteiger partial charge is 0.416 e. The highest BCUT2D eigenvalue weighted by Gasteiger charge is 2.35. The zero-order valence-electron chi connectivity index (χ0n) is 11.7. The van der Waals surface area contributed by atoms with E-state index in [1.807, 2.05) is 26.0 Å². The Balaban J connectivity index is 2.57. The molecule has 0 saturated carbocycles. The summed E-state index contributed by atoms with van der Waals surface area (Å²) in [7, 11) is 0. The number of aromatic nitrogens is 1. The number of hydrogen-bond donors (Lipinski definition) is 2. The number of hydrogen-bond acceptors (Lipinski definition) is 3. The molecule has 2 rings (SSSR count). The molecule has 1 heterocycles. The van der Waals surface area contributed by atoms with Crippen LogP contribution in [0.25, 0.3) is 0 Å². The Labute approximate surface area is 121 Å². The van der Waals surface area contributed by atoms with Crippen LogP contribution in [-0.2, 0) is 6.18 Å². The standard InChI is InChI=1S/C15H16F3N3/c1-9-3-4-11(10(2)7-9)14(21-19)12-8-20-6-5-13(12)15(16,17)18/h3-8,14,21H,19H2,1-2H3. The number of rotatable bonds is 3. The highest BCUT2D eigenvalue weighted by molar-refractivity contribution is 5.41. The van der Waals surface area contributed by atoms with E-state index in [9.17, 15) is 13.2 Å². The van der Waals surface area contributed by atoms with Gasteiger partial charge in [0.15, 0.2) is 0 Å². The summed E-state index contributed by atoms with van der Waals surface area (Å²) in [5.41, 5.74) is 4.35. The van der Waals surface area contributed by atoms with E-state index < -0.39 is 17.8 Å². The normalized spacial score (nSPS) is 13.2. The molecule has 0 amide bonds. The lowest BCUT2D eigenvalue weighted by Gasteiger charge is -2.22. The first-order valence-electron chi connectivity index (χ1n) is 6.39. The number of nitrogens with zero attached hydrogens (tertiary/aromatic N) is 1. The Morgan fingerprint density at radius 2 is 1.86 bits per heavy atom. The third kappa shape index (κ3) is 3.22. The minimum Gasteiger partial charge on any atom is -0.271 e. The van der Waals surface area contributed by atoms with Gasteiger partial charge in [0.25, 0.3) is 0 Å². The van der Waals surface area contributed by atoms with Crippen LogP contribution in [0.3, 0.4) is 0 Å². The van der Waals surface area contributed by atoms with Crippen LogP contribution in [0.15, 0.2) is 36.7 Å². The van der Waals surface area contributed by atoms with E-state index in [0.29, 0.717) is 5.56 Å². The molecule has 0 spiro atoms. The average molecular weight is 295 g/mol. The molecule has 2 aromatic rings. The Kier molecular flexibility index (Phi) is 4.29. The van der Waals surface area contributed by atoms with Gasteiger partial charge in [-0.15, -0.1) is 0 Å². The summed E-state index contributed by atoms with van der Waals surface area (Å²) in [5.74, 6) is 5.51. The second-order valence-electron chi connectivity index (χ2n) is 4.92. The van der Waals surface area contributed by atoms with Crippen LogP contribution < -0.4 is 11.3 Å². The van der Waals surface area contributed by atoms with Gasteiger partial charge in [0.1, 0.15) is 0 Å². The van der Waals surface area contributed by atoms with Crippen LogP contribution in [0.4, 0.5) is 13.2 Å². The minimum atomic E-state index is -4.45. The number of halogens is 3. The topological polar surface area (TPSA) is 50.9 Å². The SMILES string of the molecule is Cc1ccc(C(NN)c2cnccc2C(F)(F)F)c(C)c1. The molecular formula is C15H16F3N3. The minimum absolute atomic E-state index is 0.0134. The number of pyridine rings is 1. The number of nitrogens with one attached hydrogen (secondary N) is 1. The van der Waals surface area contributed by atoms with Crippen molar-refractivity contribution in [1.29, 1.82) is 0 Å². The van der Waals surface area contributed by atoms with Gasteiger partial charge in [-0.2, -0.15) is 13.2 Å². The van der Waals surface area contributed by atoms with Crippen molar-refractivity contribution < 1.29 is 13.2 Å². The van der Waals surface area contributed by atoms with E-state index in [2.05, 4.69) is 10.4 Å². The van der Waals surface area contributed by atoms with Crippen LogP contribution >= 0.6 is 0 Å². The van der Waals surface area contributed by atoms with Crippen molar-refractivity contribution in [1.82, 2.24) is 10.4 Å². The van der Waals surface area contributed by atoms with Gasteiger partial charge in [-0.25, -0.2) is 5.43 Å². The average Bonchev–Trinajstić information content (AvgIpc) is 2.41. The number of nitrogens with two attached hydrogens (primary N) is 1. The quantitative estimate of drug-likeness (QED) is 0.675. The van der Waals surface area contributed by atoms with E-state index in [1.165, 1.54) is 6.20 Å². The molecular weight excluding hydrogens is 279 g/mol. The van der Waals surface area contributed by atoms with Crippen LogP contribution in [0.5, 0.6) is 0 Å². The van der Waals surface area contributed by atoms with Gasteiger partial charge < -0.3 is 0 Å². The van der Waals surface area contributed by atoms with Gasteiger partial charge in [-0.05, 0) is 31.0 Å². The Morgan fingerprint density at radius 3 is 2.43 bits per heavy atom. The third-order valence-electron chi connectivity index (χ3n) is 3.37. The lowest BCUT2D eigenvalue weighted by molar-refractivity contribution is -0.138. The lowest BCUT2D eigenvalue weighted by Crippen LogP contribution is -2.31. The molecule has 112 valence electrons. The smallest absolute Gasteiger partial charge is 0.271 e. The number of hydrazine groups is 1. The molecule has 1 aromatic heterocycles. The molecule has 1 aromatic carbocycles. The van der Waals surface area contributed by atoms with E-state index in [0.717, 1.165) is 23.4 Å². The van der Waals surface area contributed by atoms with Gasteiger partial charge in [0.2, 0.25) is 0 Å². The molecule has 3 nitrogen and oxygen atoms in total. The zero-order valence-corrected chi connectivity index (χ0v) is 11.7. The first kappa shape index (κ1) is 15.5. The van der Waals surface area contributed by atoms with Crippen molar-refractivity contribution in [2.24, 2.45) is 5.84 Å². The maximum absolute atomic E-state index is 13.1. The summed E-state index contributed by atoms with van der Waals surface area (Å²) < 4.78 is 39.4. The first-order valence-corrected chi connectivity index (χ1v) is 6.39. The first-order chi connectivity index (χ1) is 9.84. The van der Waals surface area contributed by atoms with Gasteiger partial charge in [-0.3, -0.25) is 10.8 Å². The fourth-order valence-corrected chi connectivity index (χ4v) is 2.39. The summed E-state index contributed by atoms with van der Waals surface area (Å²) in [6, 6.07) is 5.72. The monoisotopic (exact) mass is 295 g/mol. The molecule has 0 radical (unpaired) electrons. The Bertz CT molecular complexity index is 638. The molecule has 6 heteroatoms. The summed E-state index contributed by atoms with van der Waals surface area (Å²) in [6.07, 6.45) is -2.12. The lowest BCUT2D eigenvalue weighted by atomic mass is 9.92. The van der Waals surface area contributed by atoms with E-state index in [4.69, 9.17) is 5.84 Å². The van der Waals surface area contributed by atoms with Crippen LogP contribution in [0, 0.1) is 13.8 Å². The van der Waals surface area contributed by atoms with E-state index in [1.54, 1.807) is 6.07 Å². The molecule has 1 unspecified atom stereocenters. The number of aryl methyl sites for hydroxylation is 2.